The van der Waals surface area contributed by atoms with Crippen LogP contribution in [-0.2, 0) is 7.05 Å². The van der Waals surface area contributed by atoms with E-state index in [4.69, 9.17) is 5.11 Å². The molecule has 1 aliphatic rings. The van der Waals surface area contributed by atoms with Crippen LogP contribution < -0.4 is 51.4 Å². The molecule has 0 spiro atoms. The largest absolute Gasteiger partial charge is 1.00 e. The quantitative estimate of drug-likeness (QED) is 0.617. The molecule has 1 aromatic heterocycles. The van der Waals surface area contributed by atoms with Gasteiger partial charge in [0.15, 0.2) is 0 Å². The van der Waals surface area contributed by atoms with Crippen molar-refractivity contribution in [1.29, 1.82) is 0 Å². The molecule has 0 aromatic carbocycles. The van der Waals surface area contributed by atoms with Gasteiger partial charge in [-0.25, -0.2) is 4.79 Å². The van der Waals surface area contributed by atoms with Crippen molar-refractivity contribution in [3.63, 3.8) is 0 Å². The summed E-state index contributed by atoms with van der Waals surface area (Å²) in [6, 6.07) is 0. The molecular weight excluding hydrogens is 207 g/mol. The van der Waals surface area contributed by atoms with E-state index in [0.29, 0.717) is 11.5 Å². The molecule has 0 atom stereocenters. The number of aromatic carboxylic acids is 1. The van der Waals surface area contributed by atoms with Crippen molar-refractivity contribution in [2.24, 2.45) is 7.05 Å². The Balaban J connectivity index is 0.000000980. The molecule has 1 aromatic rings. The van der Waals surface area contributed by atoms with Crippen molar-refractivity contribution in [2.45, 2.75) is 25.2 Å². The molecule has 0 amide bonds. The van der Waals surface area contributed by atoms with Gasteiger partial charge in [-0.3, -0.25) is 4.68 Å². The molecule has 1 fully saturated rings. The van der Waals surface area contributed by atoms with E-state index < -0.39 is 5.97 Å². The van der Waals surface area contributed by atoms with E-state index >= 15 is 0 Å². The zero-order valence-electron chi connectivity index (χ0n) is 9.53. The van der Waals surface area contributed by atoms with E-state index in [1.807, 2.05) is 0 Å². The van der Waals surface area contributed by atoms with Crippen molar-refractivity contribution in [3.8, 4) is 0 Å². The minimum absolute atomic E-state index is 0. The third-order valence-electron chi connectivity index (χ3n) is 2.71. The minimum Gasteiger partial charge on any atom is -1.00 e. The average molecular weight is 220 g/mol. The van der Waals surface area contributed by atoms with E-state index in [1.165, 1.54) is 12.6 Å². The Labute approximate surface area is 127 Å². The number of carbonyl (C=O) groups is 1. The fraction of sp³-hybridized carbons (Fsp3) is 0.556. The van der Waals surface area contributed by atoms with Gasteiger partial charge in [-0.05, 0) is 12.8 Å². The maximum absolute atomic E-state index is 10.8. The zero-order chi connectivity index (χ0) is 9.42. The Morgan fingerprint density at radius 3 is 2.79 bits per heavy atom. The number of rotatable bonds is 2. The fourth-order valence-electron chi connectivity index (χ4n) is 1.78. The summed E-state index contributed by atoms with van der Waals surface area (Å²) in [4.78, 5) is 10.8. The number of aromatic nitrogens is 2. The van der Waals surface area contributed by atoms with Crippen molar-refractivity contribution in [3.05, 3.63) is 17.5 Å². The van der Waals surface area contributed by atoms with Gasteiger partial charge in [-0.15, -0.1) is 0 Å². The summed E-state index contributed by atoms with van der Waals surface area (Å²) in [5.74, 6) is -0.450. The van der Waals surface area contributed by atoms with Crippen LogP contribution in [0.1, 0.15) is 42.7 Å². The van der Waals surface area contributed by atoms with E-state index in [9.17, 15) is 4.79 Å². The fourth-order valence-corrected chi connectivity index (χ4v) is 1.78. The Bertz CT molecular complexity index is 350. The molecule has 2 rings (SSSR count). The summed E-state index contributed by atoms with van der Waals surface area (Å²) >= 11 is 0. The number of carboxylic acids is 1. The van der Waals surface area contributed by atoms with Gasteiger partial charge in [-0.1, -0.05) is 6.42 Å². The van der Waals surface area contributed by atoms with Crippen molar-refractivity contribution < 1.29 is 62.7 Å². The second-order valence-corrected chi connectivity index (χ2v) is 3.50. The first-order valence-electron chi connectivity index (χ1n) is 4.45. The number of hydrogen-bond donors (Lipinski definition) is 1. The standard InChI is InChI=1S/C9H12N2O2.K.H/c1-11-8(6-3-2-4-6)7(5-10-11)9(12)13;;/h5-6H,2-4H2,1H3,(H,12,13);;/q;+1;-1. The predicted molar refractivity (Wildman–Crippen MR) is 47.9 cm³/mol. The van der Waals surface area contributed by atoms with Crippen LogP contribution in [0.25, 0.3) is 0 Å². The second kappa shape index (κ2) is 4.89. The first-order chi connectivity index (χ1) is 6.20. The van der Waals surface area contributed by atoms with Gasteiger partial charge in [0.05, 0.1) is 11.9 Å². The second-order valence-electron chi connectivity index (χ2n) is 3.50. The molecule has 1 N–H and O–H groups in total. The van der Waals surface area contributed by atoms with Crippen LogP contribution in [0.4, 0.5) is 0 Å². The van der Waals surface area contributed by atoms with Crippen LogP contribution in [-0.4, -0.2) is 20.9 Å². The molecule has 0 radical (unpaired) electrons. The molecule has 5 heteroatoms. The van der Waals surface area contributed by atoms with Crippen molar-refractivity contribution in [2.75, 3.05) is 0 Å². The number of nitrogens with zero attached hydrogens (tertiary/aromatic N) is 2. The van der Waals surface area contributed by atoms with Crippen LogP contribution in [0, 0.1) is 0 Å². The van der Waals surface area contributed by atoms with Gasteiger partial charge < -0.3 is 6.53 Å². The molecule has 14 heavy (non-hydrogen) atoms. The summed E-state index contributed by atoms with van der Waals surface area (Å²) < 4.78 is 1.69. The maximum atomic E-state index is 10.8. The first kappa shape index (κ1) is 12.4. The summed E-state index contributed by atoms with van der Waals surface area (Å²) in [6.45, 7) is 0. The van der Waals surface area contributed by atoms with Crippen molar-refractivity contribution >= 4 is 5.97 Å². The molecule has 1 aliphatic carbocycles. The van der Waals surface area contributed by atoms with Crippen LogP contribution in [0.5, 0.6) is 0 Å². The van der Waals surface area contributed by atoms with Crippen LogP contribution in [0.3, 0.4) is 0 Å². The van der Waals surface area contributed by atoms with Gasteiger partial charge in [0.25, 0.3) is 0 Å². The van der Waals surface area contributed by atoms with Crippen LogP contribution in [0.15, 0.2) is 6.20 Å². The Kier molecular flexibility index (Phi) is 4.33. The minimum atomic E-state index is -0.866. The van der Waals surface area contributed by atoms with E-state index in [1.54, 1.807) is 11.7 Å². The summed E-state index contributed by atoms with van der Waals surface area (Å²) in [5.41, 5.74) is 1.26. The van der Waals surface area contributed by atoms with E-state index in [-0.39, 0.29) is 52.8 Å². The third-order valence-corrected chi connectivity index (χ3v) is 2.71. The number of carboxylic acid groups (broad SMARTS) is 1. The smallest absolute Gasteiger partial charge is 1.00 e. The van der Waals surface area contributed by atoms with Gasteiger partial charge in [0.2, 0.25) is 0 Å². The summed E-state index contributed by atoms with van der Waals surface area (Å²) in [6.07, 6.45) is 4.84. The Morgan fingerprint density at radius 2 is 2.36 bits per heavy atom. The number of hydrogen-bond acceptors (Lipinski definition) is 2. The molecule has 0 bridgehead atoms. The van der Waals surface area contributed by atoms with Crippen molar-refractivity contribution in [1.82, 2.24) is 9.78 Å². The molecule has 1 heterocycles. The summed E-state index contributed by atoms with van der Waals surface area (Å²) in [5, 5.41) is 12.9. The molecule has 4 nitrogen and oxygen atoms in total. The normalized spacial score (nSPS) is 15.8. The third kappa shape index (κ3) is 2.11. The van der Waals surface area contributed by atoms with Gasteiger partial charge in [0, 0.05) is 13.0 Å². The molecular formula is C9H13KN2O2. The molecule has 0 saturated heterocycles. The molecule has 0 aliphatic heterocycles. The van der Waals surface area contributed by atoms with E-state index in [0.717, 1.165) is 18.5 Å². The van der Waals surface area contributed by atoms with E-state index in [2.05, 4.69) is 5.10 Å². The molecule has 0 unspecified atom stereocenters. The number of aryl methyl sites for hydroxylation is 1. The van der Waals surface area contributed by atoms with Crippen LogP contribution >= 0.6 is 0 Å². The summed E-state index contributed by atoms with van der Waals surface area (Å²) in [7, 11) is 1.81. The first-order valence-corrected chi connectivity index (χ1v) is 4.45. The SMILES string of the molecule is Cn1ncc(C(=O)O)c1C1CCC1.[H-].[K+]. The van der Waals surface area contributed by atoms with Gasteiger partial charge in [0.1, 0.15) is 5.56 Å². The molecule has 1 saturated carbocycles. The zero-order valence-corrected chi connectivity index (χ0v) is 11.6. The Morgan fingerprint density at radius 1 is 1.71 bits per heavy atom. The predicted octanol–water partition coefficient (Wildman–Crippen LogP) is -1.50. The monoisotopic (exact) mass is 220 g/mol. The topological polar surface area (TPSA) is 55.1 Å². The Hall–Kier alpha value is 0.316. The van der Waals surface area contributed by atoms with Gasteiger partial charge in [-0.2, -0.15) is 5.10 Å². The van der Waals surface area contributed by atoms with Gasteiger partial charge >= 0.3 is 57.4 Å². The average Bonchev–Trinajstić information content (AvgIpc) is 2.30. The van der Waals surface area contributed by atoms with Crippen LogP contribution in [0.2, 0.25) is 0 Å². The molecule has 72 valence electrons. The maximum Gasteiger partial charge on any atom is 1.00 e.